The highest BCUT2D eigenvalue weighted by molar-refractivity contribution is 5.73. The molecule has 0 unspecified atom stereocenters. The zero-order chi connectivity index (χ0) is 6.97. The highest BCUT2D eigenvalue weighted by Crippen LogP contribution is 2.06. The minimum absolute atomic E-state index is 0. The summed E-state index contributed by atoms with van der Waals surface area (Å²) in [7, 11) is 0. The van der Waals surface area contributed by atoms with Gasteiger partial charge in [0.05, 0.1) is 0 Å². The molecule has 0 amide bonds. The first-order valence-corrected chi connectivity index (χ1v) is 2.87. The van der Waals surface area contributed by atoms with Gasteiger partial charge in [-0.05, 0) is 17.3 Å². The molecule has 3 radical (unpaired) electrons. The second kappa shape index (κ2) is 2.55. The molecular formula is C6H5N4O. The van der Waals surface area contributed by atoms with E-state index in [9.17, 15) is 0 Å². The molecule has 0 spiro atoms. The average molecular weight is 149 g/mol. The number of hydrogen-bond donors (Lipinski definition) is 1. The molecule has 0 aliphatic heterocycles. The lowest BCUT2D eigenvalue weighted by Gasteiger charge is -1.85. The highest BCUT2D eigenvalue weighted by Gasteiger charge is 1.98. The van der Waals surface area contributed by atoms with Gasteiger partial charge in [0, 0.05) is 6.15 Å². The summed E-state index contributed by atoms with van der Waals surface area (Å²) in [5, 5.41) is 16.1. The number of hydrogen-bond acceptors (Lipinski definition) is 3. The smallest absolute Gasteiger partial charge is 0.130 e. The summed E-state index contributed by atoms with van der Waals surface area (Å²) in [4.78, 5) is 0.759. The Balaban J connectivity index is 0.000000605. The SMILES string of the molecule is On1nnc2ccccc21.[N]. The van der Waals surface area contributed by atoms with Crippen LogP contribution in [0.5, 0.6) is 0 Å². The number of aromatic nitrogens is 3. The number of benzene rings is 1. The molecule has 5 nitrogen and oxygen atoms in total. The number of para-hydroxylation sites is 1. The summed E-state index contributed by atoms with van der Waals surface area (Å²) in [6.07, 6.45) is 0. The molecular weight excluding hydrogens is 144 g/mol. The molecule has 55 valence electrons. The van der Waals surface area contributed by atoms with Crippen LogP contribution in [0.15, 0.2) is 24.3 Å². The van der Waals surface area contributed by atoms with Crippen LogP contribution < -0.4 is 6.15 Å². The lowest BCUT2D eigenvalue weighted by Crippen LogP contribution is -1.90. The van der Waals surface area contributed by atoms with Crippen molar-refractivity contribution in [2.45, 2.75) is 0 Å². The van der Waals surface area contributed by atoms with Gasteiger partial charge in [0.1, 0.15) is 11.0 Å². The summed E-state index contributed by atoms with van der Waals surface area (Å²) < 4.78 is 0. The maximum absolute atomic E-state index is 8.95. The predicted octanol–water partition coefficient (Wildman–Crippen LogP) is 0.188. The van der Waals surface area contributed by atoms with Gasteiger partial charge in [0.25, 0.3) is 0 Å². The van der Waals surface area contributed by atoms with Gasteiger partial charge < -0.3 is 5.21 Å². The molecule has 1 aromatic heterocycles. The molecule has 2 rings (SSSR count). The Morgan fingerprint density at radius 3 is 2.73 bits per heavy atom. The van der Waals surface area contributed by atoms with E-state index in [0.29, 0.717) is 11.0 Å². The molecule has 0 aliphatic rings. The van der Waals surface area contributed by atoms with E-state index in [1.54, 1.807) is 12.1 Å². The van der Waals surface area contributed by atoms with Crippen LogP contribution in [-0.4, -0.2) is 20.4 Å². The Morgan fingerprint density at radius 1 is 1.27 bits per heavy atom. The average Bonchev–Trinajstić information content (AvgIpc) is 2.34. The van der Waals surface area contributed by atoms with E-state index in [1.807, 2.05) is 12.1 Å². The van der Waals surface area contributed by atoms with Gasteiger partial charge in [-0.15, -0.1) is 5.10 Å². The molecule has 5 heteroatoms. The molecule has 1 heterocycles. The monoisotopic (exact) mass is 149 g/mol. The lowest BCUT2D eigenvalue weighted by atomic mass is 10.3. The second-order valence-electron chi connectivity index (χ2n) is 1.97. The normalized spacial score (nSPS) is 9.45. The van der Waals surface area contributed by atoms with Crippen LogP contribution in [0.4, 0.5) is 0 Å². The van der Waals surface area contributed by atoms with Crippen molar-refractivity contribution < 1.29 is 5.21 Å². The summed E-state index contributed by atoms with van der Waals surface area (Å²) >= 11 is 0. The van der Waals surface area contributed by atoms with Crippen molar-refractivity contribution in [1.82, 2.24) is 21.3 Å². The fourth-order valence-electron chi connectivity index (χ4n) is 0.857. The van der Waals surface area contributed by atoms with Crippen LogP contribution in [-0.2, 0) is 0 Å². The van der Waals surface area contributed by atoms with Gasteiger partial charge in [0.15, 0.2) is 0 Å². The minimum atomic E-state index is 0. The van der Waals surface area contributed by atoms with Crippen molar-refractivity contribution in [2.75, 3.05) is 0 Å². The van der Waals surface area contributed by atoms with Crippen LogP contribution >= 0.6 is 0 Å². The first-order chi connectivity index (χ1) is 4.88. The fraction of sp³-hybridized carbons (Fsp3) is 0. The summed E-state index contributed by atoms with van der Waals surface area (Å²) in [5.74, 6) is 0. The number of nitrogens with zero attached hydrogens (tertiary/aromatic N) is 4. The molecule has 1 N–H and O–H groups in total. The van der Waals surface area contributed by atoms with Crippen LogP contribution in [0.25, 0.3) is 11.0 Å². The molecule has 2 aromatic rings. The summed E-state index contributed by atoms with van der Waals surface area (Å²) in [6, 6.07) is 7.19. The van der Waals surface area contributed by atoms with Crippen LogP contribution in [0.3, 0.4) is 0 Å². The maximum atomic E-state index is 8.95. The van der Waals surface area contributed by atoms with Gasteiger partial charge in [-0.3, -0.25) is 0 Å². The van der Waals surface area contributed by atoms with Crippen molar-refractivity contribution in [3.63, 3.8) is 0 Å². The molecule has 0 bridgehead atoms. The van der Waals surface area contributed by atoms with Gasteiger partial charge in [-0.1, -0.05) is 17.0 Å². The van der Waals surface area contributed by atoms with E-state index in [4.69, 9.17) is 5.21 Å². The molecule has 1 aromatic carbocycles. The molecule has 11 heavy (non-hydrogen) atoms. The third-order valence-electron chi connectivity index (χ3n) is 1.33. The Hall–Kier alpha value is -1.62. The third kappa shape index (κ3) is 1.01. The van der Waals surface area contributed by atoms with E-state index in [-0.39, 0.29) is 6.15 Å². The largest absolute Gasteiger partial charge is 0.410 e. The zero-order valence-corrected chi connectivity index (χ0v) is 5.55. The van der Waals surface area contributed by atoms with Gasteiger partial charge >= 0.3 is 0 Å². The van der Waals surface area contributed by atoms with Crippen molar-refractivity contribution in [3.05, 3.63) is 24.3 Å². The lowest BCUT2D eigenvalue weighted by molar-refractivity contribution is 0.155. The van der Waals surface area contributed by atoms with Crippen molar-refractivity contribution >= 4 is 11.0 Å². The van der Waals surface area contributed by atoms with Gasteiger partial charge in [-0.25, -0.2) is 0 Å². The van der Waals surface area contributed by atoms with Crippen molar-refractivity contribution in [3.8, 4) is 0 Å². The molecule has 0 atom stereocenters. The molecule has 0 fully saturated rings. The van der Waals surface area contributed by atoms with Gasteiger partial charge in [0.2, 0.25) is 0 Å². The predicted molar refractivity (Wildman–Crippen MR) is 36.8 cm³/mol. The van der Waals surface area contributed by atoms with Crippen LogP contribution in [0.1, 0.15) is 0 Å². The number of fused-ring (bicyclic) bond motifs is 1. The second-order valence-corrected chi connectivity index (χ2v) is 1.97. The van der Waals surface area contributed by atoms with Crippen molar-refractivity contribution in [2.24, 2.45) is 0 Å². The quantitative estimate of drug-likeness (QED) is 0.542. The van der Waals surface area contributed by atoms with Crippen LogP contribution in [0.2, 0.25) is 0 Å². The highest BCUT2D eigenvalue weighted by atomic mass is 16.5. The molecule has 0 saturated heterocycles. The Labute approximate surface area is 62.8 Å². The van der Waals surface area contributed by atoms with E-state index in [0.717, 1.165) is 4.85 Å². The number of rotatable bonds is 0. The Morgan fingerprint density at radius 2 is 2.00 bits per heavy atom. The standard InChI is InChI=1S/C6H5N3O.N/c10-9-6-4-2-1-3-5(6)7-8-9;/h1-4,10H;. The fourth-order valence-corrected chi connectivity index (χ4v) is 0.857. The first kappa shape index (κ1) is 7.49. The first-order valence-electron chi connectivity index (χ1n) is 2.87. The van der Waals surface area contributed by atoms with Gasteiger partial charge in [-0.2, -0.15) is 0 Å². The summed E-state index contributed by atoms with van der Waals surface area (Å²) in [6.45, 7) is 0. The van der Waals surface area contributed by atoms with Crippen LogP contribution in [0, 0.1) is 0 Å². The van der Waals surface area contributed by atoms with E-state index in [1.165, 1.54) is 0 Å². The maximum Gasteiger partial charge on any atom is 0.130 e. The molecule has 0 aliphatic carbocycles. The topological polar surface area (TPSA) is 81.4 Å². The molecule has 0 saturated carbocycles. The Bertz CT molecular complexity index is 356. The zero-order valence-electron chi connectivity index (χ0n) is 5.55. The Kier molecular flexibility index (Phi) is 1.74. The van der Waals surface area contributed by atoms with Crippen molar-refractivity contribution in [1.29, 1.82) is 0 Å². The minimum Gasteiger partial charge on any atom is -0.410 e. The van der Waals surface area contributed by atoms with E-state index >= 15 is 0 Å². The third-order valence-corrected chi connectivity index (χ3v) is 1.33. The summed E-state index contributed by atoms with van der Waals surface area (Å²) in [5.41, 5.74) is 1.33. The van der Waals surface area contributed by atoms with E-state index < -0.39 is 0 Å². The van der Waals surface area contributed by atoms with E-state index in [2.05, 4.69) is 10.3 Å².